The Morgan fingerprint density at radius 3 is 2.68 bits per heavy atom. The van der Waals surface area contributed by atoms with Crippen molar-refractivity contribution in [2.24, 2.45) is 11.1 Å². The van der Waals surface area contributed by atoms with Gasteiger partial charge in [-0.15, -0.1) is 0 Å². The van der Waals surface area contributed by atoms with Gasteiger partial charge in [-0.25, -0.2) is 4.39 Å². The lowest BCUT2D eigenvalue weighted by molar-refractivity contribution is 0.295. The van der Waals surface area contributed by atoms with Gasteiger partial charge < -0.3 is 10.5 Å². The summed E-state index contributed by atoms with van der Waals surface area (Å²) in [6.07, 6.45) is 2.63. The third-order valence-electron chi connectivity index (χ3n) is 3.09. The van der Waals surface area contributed by atoms with Gasteiger partial charge in [-0.2, -0.15) is 0 Å². The molecule has 106 valence electrons. The van der Waals surface area contributed by atoms with Crippen LogP contribution in [0, 0.1) is 16.6 Å². The lowest BCUT2D eigenvalue weighted by Crippen LogP contribution is -2.30. The molecule has 0 amide bonds. The lowest BCUT2D eigenvalue weighted by Gasteiger charge is -2.22. The monoisotopic (exact) mass is 330 g/mol. The Kier molecular flexibility index (Phi) is 5.79. The summed E-state index contributed by atoms with van der Waals surface area (Å²) in [6, 6.07) is 4.72. The van der Waals surface area contributed by atoms with Crippen LogP contribution in [-0.4, -0.2) is 12.4 Å². The summed E-state index contributed by atoms with van der Waals surface area (Å²) >= 11 is 3.10. The van der Waals surface area contributed by atoms with Crippen LogP contribution in [0.15, 0.2) is 22.7 Å². The van der Waals surface area contributed by atoms with Crippen molar-refractivity contribution >= 4 is 21.8 Å². The van der Waals surface area contributed by atoms with E-state index in [1.165, 1.54) is 6.07 Å². The highest BCUT2D eigenvalue weighted by molar-refractivity contribution is 9.10. The van der Waals surface area contributed by atoms with Crippen molar-refractivity contribution in [3.05, 3.63) is 28.5 Å². The van der Waals surface area contributed by atoms with E-state index in [1.54, 1.807) is 12.1 Å². The van der Waals surface area contributed by atoms with Crippen molar-refractivity contribution in [2.45, 2.75) is 33.1 Å². The van der Waals surface area contributed by atoms with Crippen molar-refractivity contribution in [3.8, 4) is 5.75 Å². The summed E-state index contributed by atoms with van der Waals surface area (Å²) in [5, 5.41) is 7.46. The predicted molar refractivity (Wildman–Crippen MR) is 79.1 cm³/mol. The topological polar surface area (TPSA) is 59.1 Å². The first-order valence-corrected chi connectivity index (χ1v) is 7.04. The van der Waals surface area contributed by atoms with Crippen molar-refractivity contribution < 1.29 is 9.13 Å². The molecule has 3 N–H and O–H groups in total. The van der Waals surface area contributed by atoms with Crippen molar-refractivity contribution in [1.82, 2.24) is 0 Å². The van der Waals surface area contributed by atoms with Crippen molar-refractivity contribution in [2.75, 3.05) is 6.61 Å². The summed E-state index contributed by atoms with van der Waals surface area (Å²) in [5.74, 6) is 0.421. The third-order valence-corrected chi connectivity index (χ3v) is 3.73. The highest BCUT2D eigenvalue weighted by Crippen LogP contribution is 2.23. The molecule has 0 spiro atoms. The molecule has 0 aliphatic rings. The minimum absolute atomic E-state index is 0.211. The van der Waals surface area contributed by atoms with E-state index in [4.69, 9.17) is 15.9 Å². The minimum atomic E-state index is -0.324. The fourth-order valence-electron chi connectivity index (χ4n) is 1.56. The van der Waals surface area contributed by atoms with Crippen LogP contribution in [0.4, 0.5) is 4.39 Å². The molecular formula is C14H20BrFN2O. The number of nitrogens with one attached hydrogen (secondary N) is 1. The molecule has 0 saturated carbocycles. The fraction of sp³-hybridized carbons (Fsp3) is 0.500. The number of hydrogen-bond acceptors (Lipinski definition) is 2. The van der Waals surface area contributed by atoms with E-state index in [1.807, 2.05) is 13.8 Å². The number of benzene rings is 1. The number of amidine groups is 1. The molecule has 0 fully saturated rings. The Morgan fingerprint density at radius 2 is 2.11 bits per heavy atom. The predicted octanol–water partition coefficient (Wildman–Crippen LogP) is 4.10. The van der Waals surface area contributed by atoms with Crippen LogP contribution in [0.2, 0.25) is 0 Å². The van der Waals surface area contributed by atoms with E-state index in [9.17, 15) is 4.39 Å². The Labute approximate surface area is 122 Å². The average molecular weight is 331 g/mol. The largest absolute Gasteiger partial charge is 0.493 e. The Morgan fingerprint density at radius 1 is 1.42 bits per heavy atom. The maximum Gasteiger partial charge on any atom is 0.141 e. The van der Waals surface area contributed by atoms with Gasteiger partial charge in [0.05, 0.1) is 16.9 Å². The Hall–Kier alpha value is -1.10. The molecule has 19 heavy (non-hydrogen) atoms. The molecule has 0 bridgehead atoms. The summed E-state index contributed by atoms with van der Waals surface area (Å²) in [6.45, 7) is 4.45. The van der Waals surface area contributed by atoms with E-state index < -0.39 is 0 Å². The molecule has 0 atom stereocenters. The van der Waals surface area contributed by atoms with E-state index >= 15 is 0 Å². The van der Waals surface area contributed by atoms with Gasteiger partial charge in [0, 0.05) is 11.5 Å². The van der Waals surface area contributed by atoms with Crippen LogP contribution < -0.4 is 10.5 Å². The first kappa shape index (κ1) is 16.0. The zero-order valence-corrected chi connectivity index (χ0v) is 12.9. The number of unbranched alkanes of at least 4 members (excludes halogenated alkanes) is 1. The third kappa shape index (κ3) is 5.19. The van der Waals surface area contributed by atoms with E-state index in [-0.39, 0.29) is 17.1 Å². The summed E-state index contributed by atoms with van der Waals surface area (Å²) in [4.78, 5) is 0. The van der Waals surface area contributed by atoms with E-state index in [2.05, 4.69) is 15.9 Å². The highest BCUT2D eigenvalue weighted by Gasteiger charge is 2.20. The molecule has 1 aromatic carbocycles. The molecule has 5 heteroatoms. The fourth-order valence-corrected chi connectivity index (χ4v) is 1.81. The van der Waals surface area contributed by atoms with Gasteiger partial charge in [0.25, 0.3) is 0 Å². The molecule has 1 aromatic rings. The molecular weight excluding hydrogens is 311 g/mol. The number of nitrogens with two attached hydrogens (primary N) is 1. The second-order valence-electron chi connectivity index (χ2n) is 5.18. The molecule has 0 heterocycles. The second-order valence-corrected chi connectivity index (χ2v) is 6.03. The van der Waals surface area contributed by atoms with Gasteiger partial charge in [-0.1, -0.05) is 13.8 Å². The molecule has 0 radical (unpaired) electrons. The quantitative estimate of drug-likeness (QED) is 0.449. The van der Waals surface area contributed by atoms with Gasteiger partial charge >= 0.3 is 0 Å². The normalized spacial score (nSPS) is 11.4. The number of rotatable bonds is 7. The Bertz CT molecular complexity index is 449. The lowest BCUT2D eigenvalue weighted by atomic mass is 9.86. The van der Waals surface area contributed by atoms with Gasteiger partial charge in [0.15, 0.2) is 0 Å². The molecule has 0 saturated heterocycles. The zero-order valence-electron chi connectivity index (χ0n) is 11.3. The van der Waals surface area contributed by atoms with E-state index in [0.29, 0.717) is 16.8 Å². The summed E-state index contributed by atoms with van der Waals surface area (Å²) < 4.78 is 19.1. The van der Waals surface area contributed by atoms with Crippen LogP contribution >= 0.6 is 15.9 Å². The first-order chi connectivity index (χ1) is 8.83. The van der Waals surface area contributed by atoms with Crippen LogP contribution in [-0.2, 0) is 0 Å². The summed E-state index contributed by atoms with van der Waals surface area (Å²) in [7, 11) is 0. The van der Waals surface area contributed by atoms with Gasteiger partial charge in [0.2, 0.25) is 0 Å². The van der Waals surface area contributed by atoms with Crippen LogP contribution in [0.25, 0.3) is 0 Å². The SMILES string of the molecule is CC(C)(CCCCOc1ccc(Br)c(F)c1)C(=N)N. The molecule has 0 aliphatic carbocycles. The van der Waals surface area contributed by atoms with Crippen LogP contribution in [0.3, 0.4) is 0 Å². The molecule has 0 aliphatic heterocycles. The molecule has 1 rings (SSSR count). The van der Waals surface area contributed by atoms with E-state index in [0.717, 1.165) is 19.3 Å². The maximum absolute atomic E-state index is 13.2. The van der Waals surface area contributed by atoms with Crippen molar-refractivity contribution in [3.63, 3.8) is 0 Å². The smallest absolute Gasteiger partial charge is 0.141 e. The second kappa shape index (κ2) is 6.89. The van der Waals surface area contributed by atoms with Crippen molar-refractivity contribution in [1.29, 1.82) is 5.41 Å². The highest BCUT2D eigenvalue weighted by atomic mass is 79.9. The zero-order chi connectivity index (χ0) is 14.5. The average Bonchev–Trinajstić information content (AvgIpc) is 2.33. The summed E-state index contributed by atoms with van der Waals surface area (Å²) in [5.41, 5.74) is 5.25. The molecule has 3 nitrogen and oxygen atoms in total. The maximum atomic E-state index is 13.2. The number of ether oxygens (including phenoxy) is 1. The van der Waals surface area contributed by atoms with Crippen LogP contribution in [0.5, 0.6) is 5.75 Å². The molecule has 0 aromatic heterocycles. The van der Waals surface area contributed by atoms with Gasteiger partial charge in [-0.3, -0.25) is 5.41 Å². The standard InChI is InChI=1S/C14H20BrFN2O/c1-14(2,13(17)18)7-3-4-8-19-10-5-6-11(15)12(16)9-10/h5-6,9H,3-4,7-8H2,1-2H3,(H3,17,18). The molecule has 0 unspecified atom stereocenters. The van der Waals surface area contributed by atoms with Gasteiger partial charge in [0.1, 0.15) is 11.6 Å². The number of halogens is 2. The number of hydrogen-bond donors (Lipinski definition) is 2. The minimum Gasteiger partial charge on any atom is -0.493 e. The van der Waals surface area contributed by atoms with Crippen LogP contribution in [0.1, 0.15) is 33.1 Å². The first-order valence-electron chi connectivity index (χ1n) is 6.25. The Balaban J connectivity index is 2.28. The van der Waals surface area contributed by atoms with Gasteiger partial charge in [-0.05, 0) is 47.3 Å².